The van der Waals surface area contributed by atoms with Crippen LogP contribution in [0.4, 0.5) is 0 Å². The number of nitrogens with one attached hydrogen (secondary N) is 1. The summed E-state index contributed by atoms with van der Waals surface area (Å²) in [7, 11) is 0. The molecule has 1 amide bonds. The molecule has 348 valence electrons. The molecule has 61 heavy (non-hydrogen) atoms. The molecule has 0 aliphatic carbocycles. The van der Waals surface area contributed by atoms with Crippen molar-refractivity contribution in [3.8, 4) is 0 Å². The molecule has 0 aromatic rings. The molecule has 0 heterocycles. The Bertz CT molecular complexity index is 1180. The average molecular weight is 844 g/mol. The summed E-state index contributed by atoms with van der Waals surface area (Å²) in [6, 6.07) is -0.626. The molecule has 0 aliphatic rings. The van der Waals surface area contributed by atoms with E-state index in [-0.39, 0.29) is 12.5 Å². The Labute approximate surface area is 378 Å². The topological polar surface area (TPSA) is 69.6 Å². The number of amides is 1. The number of allylic oxidation sites excluding steroid dienone is 17. The highest BCUT2D eigenvalue weighted by molar-refractivity contribution is 5.76. The van der Waals surface area contributed by atoms with Crippen LogP contribution in [0, 0.1) is 0 Å². The van der Waals surface area contributed by atoms with Gasteiger partial charge in [0, 0.05) is 6.42 Å². The zero-order chi connectivity index (χ0) is 44.2. The van der Waals surface area contributed by atoms with Gasteiger partial charge in [-0.05, 0) is 83.5 Å². The average Bonchev–Trinajstić information content (AvgIpc) is 3.26. The van der Waals surface area contributed by atoms with Crippen molar-refractivity contribution in [1.82, 2.24) is 5.32 Å². The van der Waals surface area contributed by atoms with Gasteiger partial charge in [-0.15, -0.1) is 0 Å². The SMILES string of the molecule is CC/C=C\C/C=C\C/C=C\C/C=C\C/C=C\C/C=C\C/C=C\C/C=C\CCCCCCCCCCCCCCCCC(=O)NC(CO)C(O)/C=C/CCCCCCCCCC. The zero-order valence-corrected chi connectivity index (χ0v) is 39.9. The molecule has 0 saturated carbocycles. The molecule has 0 saturated heterocycles. The molecule has 2 unspecified atom stereocenters. The van der Waals surface area contributed by atoms with Crippen LogP contribution in [0.25, 0.3) is 0 Å². The first-order chi connectivity index (χ1) is 30.2. The van der Waals surface area contributed by atoms with Crippen molar-refractivity contribution in [1.29, 1.82) is 0 Å². The minimum absolute atomic E-state index is 0.0706. The van der Waals surface area contributed by atoms with Crippen LogP contribution in [-0.4, -0.2) is 34.9 Å². The van der Waals surface area contributed by atoms with E-state index in [9.17, 15) is 15.0 Å². The zero-order valence-electron chi connectivity index (χ0n) is 39.9. The number of aliphatic hydroxyl groups excluding tert-OH is 2. The predicted molar refractivity (Wildman–Crippen MR) is 271 cm³/mol. The molecule has 0 aromatic carbocycles. The highest BCUT2D eigenvalue weighted by Gasteiger charge is 2.17. The number of hydrogen-bond donors (Lipinski definition) is 3. The van der Waals surface area contributed by atoms with Gasteiger partial charge in [-0.2, -0.15) is 0 Å². The van der Waals surface area contributed by atoms with Crippen molar-refractivity contribution >= 4 is 5.91 Å². The van der Waals surface area contributed by atoms with Crippen LogP contribution in [0.5, 0.6) is 0 Å². The molecule has 2 atom stereocenters. The Hall–Kier alpha value is -2.95. The Morgan fingerprint density at radius 2 is 0.721 bits per heavy atom. The third-order valence-electron chi connectivity index (χ3n) is 11.0. The summed E-state index contributed by atoms with van der Waals surface area (Å²) in [6.07, 6.45) is 78.0. The lowest BCUT2D eigenvalue weighted by atomic mass is 10.0. The molecule has 0 spiro atoms. The standard InChI is InChI=1S/C57H97NO3/c1-3-5-7-9-11-13-15-16-17-18-19-20-21-22-23-24-25-26-27-28-29-30-31-32-33-34-35-36-37-38-39-40-41-42-43-45-47-49-51-53-57(61)58-55(54-59)56(60)52-50-48-46-44-14-12-10-8-6-4-2/h5,7,11,13,16-17,19-20,22-23,25-26,28-29,31-32,50,52,55-56,59-60H,3-4,6,8-10,12,14-15,18,21,24,27,30,33-49,51,53-54H2,1-2H3,(H,58,61)/b7-5-,13-11-,17-16-,20-19-,23-22-,26-25-,29-28-,32-31-,52-50+. The summed E-state index contributed by atoms with van der Waals surface area (Å²) in [6.45, 7) is 4.16. The van der Waals surface area contributed by atoms with Crippen LogP contribution in [0.2, 0.25) is 0 Å². The number of carbonyl (C=O) groups excluding carboxylic acids is 1. The third kappa shape index (κ3) is 47.9. The van der Waals surface area contributed by atoms with Gasteiger partial charge in [-0.1, -0.05) is 245 Å². The van der Waals surface area contributed by atoms with E-state index in [0.29, 0.717) is 6.42 Å². The minimum atomic E-state index is -0.842. The Morgan fingerprint density at radius 3 is 1.08 bits per heavy atom. The second-order valence-electron chi connectivity index (χ2n) is 16.9. The van der Waals surface area contributed by atoms with E-state index in [1.165, 1.54) is 128 Å². The summed E-state index contributed by atoms with van der Waals surface area (Å²) >= 11 is 0. The molecule has 4 heteroatoms. The smallest absolute Gasteiger partial charge is 0.220 e. The van der Waals surface area contributed by atoms with Crippen LogP contribution < -0.4 is 5.32 Å². The number of rotatable bonds is 45. The van der Waals surface area contributed by atoms with Crippen molar-refractivity contribution in [2.45, 2.75) is 238 Å². The molecule has 0 aliphatic heterocycles. The van der Waals surface area contributed by atoms with E-state index in [4.69, 9.17) is 0 Å². The Morgan fingerprint density at radius 1 is 0.410 bits per heavy atom. The lowest BCUT2D eigenvalue weighted by molar-refractivity contribution is -0.123. The Balaban J connectivity index is 3.53. The van der Waals surface area contributed by atoms with Crippen molar-refractivity contribution in [2.24, 2.45) is 0 Å². The first-order valence-electron chi connectivity index (χ1n) is 25.6. The summed E-state index contributed by atoms with van der Waals surface area (Å²) < 4.78 is 0. The number of aliphatic hydroxyl groups is 2. The minimum Gasteiger partial charge on any atom is -0.394 e. The summed E-state index contributed by atoms with van der Waals surface area (Å²) in [4.78, 5) is 12.4. The van der Waals surface area contributed by atoms with Crippen LogP contribution >= 0.6 is 0 Å². The van der Waals surface area contributed by atoms with Gasteiger partial charge in [0.05, 0.1) is 18.8 Å². The fourth-order valence-electron chi connectivity index (χ4n) is 7.13. The van der Waals surface area contributed by atoms with Crippen molar-refractivity contribution in [3.63, 3.8) is 0 Å². The monoisotopic (exact) mass is 844 g/mol. The largest absolute Gasteiger partial charge is 0.394 e. The second kappa shape index (κ2) is 51.4. The summed E-state index contributed by atoms with van der Waals surface area (Å²) in [5, 5.41) is 22.9. The van der Waals surface area contributed by atoms with Gasteiger partial charge in [0.25, 0.3) is 0 Å². The molecule has 0 fully saturated rings. The maximum atomic E-state index is 12.4. The molecule has 0 rings (SSSR count). The van der Waals surface area contributed by atoms with E-state index in [0.717, 1.165) is 77.0 Å². The molecule has 0 bridgehead atoms. The first-order valence-corrected chi connectivity index (χ1v) is 25.6. The first kappa shape index (κ1) is 58.0. The molecule has 0 aromatic heterocycles. The summed E-state index contributed by atoms with van der Waals surface area (Å²) in [5.41, 5.74) is 0. The van der Waals surface area contributed by atoms with E-state index in [2.05, 4.69) is 116 Å². The predicted octanol–water partition coefficient (Wildman–Crippen LogP) is 16.7. The lowest BCUT2D eigenvalue weighted by Crippen LogP contribution is -2.45. The molecular formula is C57H97NO3. The number of unbranched alkanes of at least 4 members (excludes halogenated alkanes) is 22. The van der Waals surface area contributed by atoms with Crippen molar-refractivity contribution in [2.75, 3.05) is 6.61 Å². The fourth-order valence-corrected chi connectivity index (χ4v) is 7.13. The van der Waals surface area contributed by atoms with Crippen LogP contribution in [0.3, 0.4) is 0 Å². The van der Waals surface area contributed by atoms with E-state index < -0.39 is 12.1 Å². The maximum absolute atomic E-state index is 12.4. The van der Waals surface area contributed by atoms with E-state index in [1.807, 2.05) is 6.08 Å². The second-order valence-corrected chi connectivity index (χ2v) is 16.9. The highest BCUT2D eigenvalue weighted by atomic mass is 16.3. The van der Waals surface area contributed by atoms with Gasteiger partial charge in [0.2, 0.25) is 5.91 Å². The van der Waals surface area contributed by atoms with Gasteiger partial charge < -0.3 is 15.5 Å². The fraction of sp³-hybridized carbons (Fsp3) is 0.667. The van der Waals surface area contributed by atoms with Crippen molar-refractivity contribution < 1.29 is 15.0 Å². The molecule has 0 radical (unpaired) electrons. The van der Waals surface area contributed by atoms with Gasteiger partial charge >= 0.3 is 0 Å². The molecule has 3 N–H and O–H groups in total. The molecular weight excluding hydrogens is 747 g/mol. The van der Waals surface area contributed by atoms with Gasteiger partial charge in [-0.3, -0.25) is 4.79 Å². The normalized spacial score (nSPS) is 13.8. The van der Waals surface area contributed by atoms with Crippen LogP contribution in [0.1, 0.15) is 226 Å². The highest BCUT2D eigenvalue weighted by Crippen LogP contribution is 2.15. The van der Waals surface area contributed by atoms with Crippen LogP contribution in [0.15, 0.2) is 109 Å². The number of carbonyl (C=O) groups is 1. The van der Waals surface area contributed by atoms with Gasteiger partial charge in [0.1, 0.15) is 0 Å². The van der Waals surface area contributed by atoms with Gasteiger partial charge in [-0.25, -0.2) is 0 Å². The summed E-state index contributed by atoms with van der Waals surface area (Å²) in [5.74, 6) is -0.0706. The maximum Gasteiger partial charge on any atom is 0.220 e. The number of hydrogen-bond acceptors (Lipinski definition) is 3. The third-order valence-corrected chi connectivity index (χ3v) is 11.0. The quantitative estimate of drug-likeness (QED) is 0.0422. The van der Waals surface area contributed by atoms with Crippen molar-refractivity contribution in [3.05, 3.63) is 109 Å². The van der Waals surface area contributed by atoms with Gasteiger partial charge in [0.15, 0.2) is 0 Å². The molecule has 4 nitrogen and oxygen atoms in total. The lowest BCUT2D eigenvalue weighted by Gasteiger charge is -2.20. The van der Waals surface area contributed by atoms with E-state index in [1.54, 1.807) is 6.08 Å². The Kier molecular flexibility index (Phi) is 48.9. The van der Waals surface area contributed by atoms with E-state index >= 15 is 0 Å². The van der Waals surface area contributed by atoms with Crippen LogP contribution in [-0.2, 0) is 4.79 Å².